The molecule has 1 aromatic carbocycles. The van der Waals surface area contributed by atoms with E-state index in [2.05, 4.69) is 45.4 Å². The van der Waals surface area contributed by atoms with Gasteiger partial charge in [0.05, 0.1) is 0 Å². The largest absolute Gasteiger partial charge is 0.372 e. The Kier molecular flexibility index (Phi) is 6.85. The minimum Gasteiger partial charge on any atom is -0.372 e. The normalized spacial score (nSPS) is 14.5. The van der Waals surface area contributed by atoms with E-state index < -0.39 is 0 Å². The second kappa shape index (κ2) is 9.53. The van der Waals surface area contributed by atoms with Crippen LogP contribution in [-0.4, -0.2) is 35.0 Å². The fourth-order valence-corrected chi connectivity index (χ4v) is 3.74. The summed E-state index contributed by atoms with van der Waals surface area (Å²) in [6.07, 6.45) is 7.69. The Hall–Kier alpha value is -2.63. The van der Waals surface area contributed by atoms with E-state index in [0.29, 0.717) is 17.7 Å². The number of hydrogen-bond acceptors (Lipinski definition) is 5. The topological polar surface area (TPSA) is 70.2 Å². The maximum absolute atomic E-state index is 12.7. The maximum atomic E-state index is 12.7. The number of carbonyl (C=O) groups excluding carboxylic acids is 1. The number of aryl methyl sites for hydroxylation is 1. The summed E-state index contributed by atoms with van der Waals surface area (Å²) in [6.45, 7) is 8.21. The molecule has 6 nitrogen and oxygen atoms in total. The molecule has 0 spiro atoms. The number of hydrogen-bond donors (Lipinski definition) is 2. The fourth-order valence-electron chi connectivity index (χ4n) is 3.74. The molecule has 3 rings (SSSR count). The Morgan fingerprint density at radius 3 is 2.57 bits per heavy atom. The summed E-state index contributed by atoms with van der Waals surface area (Å²) in [5.41, 5.74) is 3.38. The predicted octanol–water partition coefficient (Wildman–Crippen LogP) is 4.63. The lowest BCUT2D eigenvalue weighted by atomic mass is 9.96. The van der Waals surface area contributed by atoms with Gasteiger partial charge in [-0.3, -0.25) is 4.79 Å². The molecule has 1 heterocycles. The van der Waals surface area contributed by atoms with Crippen molar-refractivity contribution < 1.29 is 4.79 Å². The highest BCUT2D eigenvalue weighted by molar-refractivity contribution is 6.03. The molecule has 1 fully saturated rings. The molecule has 1 saturated carbocycles. The highest BCUT2D eigenvalue weighted by Gasteiger charge is 2.16. The highest BCUT2D eigenvalue weighted by atomic mass is 16.1. The summed E-state index contributed by atoms with van der Waals surface area (Å²) >= 11 is 0. The Labute approximate surface area is 167 Å². The Morgan fingerprint density at radius 1 is 1.14 bits per heavy atom. The molecule has 150 valence electrons. The zero-order valence-corrected chi connectivity index (χ0v) is 17.2. The van der Waals surface area contributed by atoms with Crippen molar-refractivity contribution in [2.45, 2.75) is 58.9 Å². The van der Waals surface area contributed by atoms with Crippen molar-refractivity contribution in [3.8, 4) is 0 Å². The molecule has 1 aliphatic carbocycles. The van der Waals surface area contributed by atoms with Crippen molar-refractivity contribution >= 4 is 23.2 Å². The minimum atomic E-state index is -0.215. The second-order valence-corrected chi connectivity index (χ2v) is 7.37. The lowest BCUT2D eigenvalue weighted by Crippen LogP contribution is -2.24. The molecule has 0 unspecified atom stereocenters. The van der Waals surface area contributed by atoms with E-state index in [1.807, 2.05) is 19.1 Å². The number of nitrogens with zero attached hydrogens (tertiary/aromatic N) is 3. The molecule has 1 aliphatic rings. The predicted molar refractivity (Wildman–Crippen MR) is 115 cm³/mol. The van der Waals surface area contributed by atoms with E-state index in [-0.39, 0.29) is 5.91 Å². The van der Waals surface area contributed by atoms with Gasteiger partial charge in [0.25, 0.3) is 5.91 Å². The number of anilines is 3. The van der Waals surface area contributed by atoms with Crippen molar-refractivity contribution in [3.63, 3.8) is 0 Å². The second-order valence-electron chi connectivity index (χ2n) is 7.37. The first-order valence-corrected chi connectivity index (χ1v) is 10.4. The molecule has 0 aliphatic heterocycles. The molecule has 28 heavy (non-hydrogen) atoms. The molecule has 2 N–H and O–H groups in total. The summed E-state index contributed by atoms with van der Waals surface area (Å²) in [5, 5.41) is 6.36. The van der Waals surface area contributed by atoms with E-state index in [9.17, 15) is 4.79 Å². The summed E-state index contributed by atoms with van der Waals surface area (Å²) in [5.74, 6) is 0.320. The van der Waals surface area contributed by atoms with Gasteiger partial charge >= 0.3 is 0 Å². The Morgan fingerprint density at radius 2 is 1.89 bits per heavy atom. The molecular formula is C22H31N5O. The van der Waals surface area contributed by atoms with Crippen LogP contribution in [0.1, 0.15) is 62.0 Å². The number of amides is 1. The van der Waals surface area contributed by atoms with Gasteiger partial charge in [0, 0.05) is 36.7 Å². The standard InChI is InChI=1S/C22H31N5O/c1-4-27(5-2)18-11-12-19(16(3)15-18)25-21(28)20-13-14-23-22(26-20)24-17-9-7-6-8-10-17/h11-15,17H,4-10H2,1-3H3,(H,25,28)(H,23,24,26). The van der Waals surface area contributed by atoms with Gasteiger partial charge in [0.15, 0.2) is 0 Å². The van der Waals surface area contributed by atoms with E-state index in [1.165, 1.54) is 24.9 Å². The third-order valence-corrected chi connectivity index (χ3v) is 5.41. The quantitative estimate of drug-likeness (QED) is 0.732. The number of rotatable bonds is 7. The first-order chi connectivity index (χ1) is 13.6. The van der Waals surface area contributed by atoms with Crippen LogP contribution in [0.25, 0.3) is 0 Å². The van der Waals surface area contributed by atoms with Crippen LogP contribution in [-0.2, 0) is 0 Å². The maximum Gasteiger partial charge on any atom is 0.274 e. The highest BCUT2D eigenvalue weighted by Crippen LogP contribution is 2.23. The van der Waals surface area contributed by atoms with Crippen molar-refractivity contribution in [2.75, 3.05) is 28.6 Å². The monoisotopic (exact) mass is 381 g/mol. The van der Waals surface area contributed by atoms with E-state index in [1.54, 1.807) is 12.3 Å². The molecule has 1 amide bonds. The van der Waals surface area contributed by atoms with E-state index in [4.69, 9.17) is 0 Å². The molecule has 6 heteroatoms. The number of aromatic nitrogens is 2. The molecule has 0 saturated heterocycles. The fraction of sp³-hybridized carbons (Fsp3) is 0.500. The average molecular weight is 382 g/mol. The van der Waals surface area contributed by atoms with Gasteiger partial charge in [0.1, 0.15) is 5.69 Å². The summed E-state index contributed by atoms with van der Waals surface area (Å²) in [4.78, 5) is 23.7. The third kappa shape index (κ3) is 5.00. The van der Waals surface area contributed by atoms with Crippen molar-refractivity contribution in [1.82, 2.24) is 9.97 Å². The third-order valence-electron chi connectivity index (χ3n) is 5.41. The lowest BCUT2D eigenvalue weighted by Gasteiger charge is -2.23. The molecule has 0 radical (unpaired) electrons. The summed E-state index contributed by atoms with van der Waals surface area (Å²) < 4.78 is 0. The van der Waals surface area contributed by atoms with Crippen LogP contribution >= 0.6 is 0 Å². The first-order valence-electron chi connectivity index (χ1n) is 10.4. The van der Waals surface area contributed by atoms with E-state index in [0.717, 1.165) is 37.2 Å². The minimum absolute atomic E-state index is 0.215. The van der Waals surface area contributed by atoms with Crippen LogP contribution < -0.4 is 15.5 Å². The van der Waals surface area contributed by atoms with Gasteiger partial charge in [-0.25, -0.2) is 9.97 Å². The van der Waals surface area contributed by atoms with Crippen LogP contribution in [0.2, 0.25) is 0 Å². The average Bonchev–Trinajstić information content (AvgIpc) is 2.72. The zero-order valence-electron chi connectivity index (χ0n) is 17.2. The van der Waals surface area contributed by atoms with Crippen LogP contribution in [0, 0.1) is 6.92 Å². The van der Waals surface area contributed by atoms with Gasteiger partial charge in [-0.2, -0.15) is 0 Å². The summed E-state index contributed by atoms with van der Waals surface area (Å²) in [6, 6.07) is 8.18. The first kappa shape index (κ1) is 20.1. The van der Waals surface area contributed by atoms with Gasteiger partial charge in [-0.1, -0.05) is 19.3 Å². The molecule has 0 atom stereocenters. The van der Waals surface area contributed by atoms with Gasteiger partial charge in [-0.15, -0.1) is 0 Å². The van der Waals surface area contributed by atoms with Crippen LogP contribution in [0.15, 0.2) is 30.5 Å². The molecular weight excluding hydrogens is 350 g/mol. The van der Waals surface area contributed by atoms with Gasteiger partial charge in [-0.05, 0) is 63.4 Å². The van der Waals surface area contributed by atoms with Crippen molar-refractivity contribution in [2.24, 2.45) is 0 Å². The smallest absolute Gasteiger partial charge is 0.274 e. The van der Waals surface area contributed by atoms with Crippen LogP contribution in [0.4, 0.5) is 17.3 Å². The van der Waals surface area contributed by atoms with Gasteiger partial charge in [0.2, 0.25) is 5.95 Å². The van der Waals surface area contributed by atoms with E-state index >= 15 is 0 Å². The zero-order chi connectivity index (χ0) is 19.9. The molecule has 0 bridgehead atoms. The molecule has 1 aromatic heterocycles. The van der Waals surface area contributed by atoms with Crippen molar-refractivity contribution in [1.29, 1.82) is 0 Å². The Bertz CT molecular complexity index is 797. The summed E-state index contributed by atoms with van der Waals surface area (Å²) in [7, 11) is 0. The molecule has 2 aromatic rings. The Balaban J connectivity index is 1.68. The van der Waals surface area contributed by atoms with Crippen molar-refractivity contribution in [3.05, 3.63) is 41.7 Å². The SMILES string of the molecule is CCN(CC)c1ccc(NC(=O)c2ccnc(NC3CCCCC3)n2)c(C)c1. The number of carbonyl (C=O) groups is 1. The van der Waals surface area contributed by atoms with Crippen LogP contribution in [0.3, 0.4) is 0 Å². The number of benzene rings is 1. The van der Waals surface area contributed by atoms with Gasteiger partial charge < -0.3 is 15.5 Å². The van der Waals surface area contributed by atoms with Crippen LogP contribution in [0.5, 0.6) is 0 Å². The lowest BCUT2D eigenvalue weighted by molar-refractivity contribution is 0.102. The number of nitrogens with one attached hydrogen (secondary N) is 2.